The minimum absolute atomic E-state index is 0.0221. The largest absolute Gasteiger partial charge is 0.487 e. The third-order valence-electron chi connectivity index (χ3n) is 5.19. The van der Waals surface area contributed by atoms with E-state index in [2.05, 4.69) is 68.0 Å². The Morgan fingerprint density at radius 1 is 1.10 bits per heavy atom. The molecule has 0 N–H and O–H groups in total. The Morgan fingerprint density at radius 2 is 1.84 bits per heavy atom. The summed E-state index contributed by atoms with van der Waals surface area (Å²) in [5, 5.41) is 8.35. The zero-order valence-electron chi connectivity index (χ0n) is 18.7. The fraction of sp³-hybridized carbons (Fsp3) is 0.259. The fourth-order valence-electron chi connectivity index (χ4n) is 3.12. The van der Waals surface area contributed by atoms with Crippen LogP contribution in [0, 0.1) is 5.41 Å². The molecule has 0 aliphatic heterocycles. The quantitative estimate of drug-likeness (QED) is 0.343. The van der Waals surface area contributed by atoms with Crippen LogP contribution in [0.5, 0.6) is 5.75 Å². The summed E-state index contributed by atoms with van der Waals surface area (Å²) in [4.78, 5) is 0. The smallest absolute Gasteiger partial charge is 0.134 e. The first-order valence-corrected chi connectivity index (χ1v) is 10.6. The molecule has 4 nitrogen and oxygen atoms in total. The summed E-state index contributed by atoms with van der Waals surface area (Å²) >= 11 is 0. The molecular weight excluding hydrogens is 382 g/mol. The van der Waals surface area contributed by atoms with E-state index in [4.69, 9.17) is 4.74 Å². The third kappa shape index (κ3) is 6.82. The van der Waals surface area contributed by atoms with E-state index < -0.39 is 0 Å². The normalized spacial score (nSPS) is 13.0. The van der Waals surface area contributed by atoms with Gasteiger partial charge in [0.05, 0.1) is 11.9 Å². The van der Waals surface area contributed by atoms with Crippen molar-refractivity contribution in [3.05, 3.63) is 102 Å². The highest BCUT2D eigenvalue weighted by atomic mass is 16.5. The van der Waals surface area contributed by atoms with E-state index in [-0.39, 0.29) is 5.41 Å². The number of aromatic nitrogens is 3. The van der Waals surface area contributed by atoms with E-state index in [1.165, 1.54) is 5.57 Å². The zero-order valence-corrected chi connectivity index (χ0v) is 18.7. The second-order valence-corrected chi connectivity index (χ2v) is 8.21. The number of rotatable bonds is 10. The molecule has 4 heteroatoms. The van der Waals surface area contributed by atoms with Gasteiger partial charge in [0, 0.05) is 5.41 Å². The summed E-state index contributed by atoms with van der Waals surface area (Å²) in [5.41, 5.74) is 4.23. The topological polar surface area (TPSA) is 39.9 Å². The van der Waals surface area contributed by atoms with Gasteiger partial charge in [0.1, 0.15) is 18.1 Å². The van der Waals surface area contributed by atoms with Crippen molar-refractivity contribution < 1.29 is 4.74 Å². The van der Waals surface area contributed by atoms with Crippen LogP contribution in [0.4, 0.5) is 0 Å². The molecule has 3 rings (SSSR count). The maximum atomic E-state index is 5.88. The van der Waals surface area contributed by atoms with Gasteiger partial charge < -0.3 is 4.74 Å². The van der Waals surface area contributed by atoms with Crippen molar-refractivity contribution in [1.82, 2.24) is 15.0 Å². The Labute approximate surface area is 185 Å². The Bertz CT molecular complexity index is 1030. The van der Waals surface area contributed by atoms with E-state index in [9.17, 15) is 0 Å². The minimum atomic E-state index is -0.0221. The molecule has 3 aromatic rings. The summed E-state index contributed by atoms with van der Waals surface area (Å²) in [7, 11) is 0. The number of hydrogen-bond donors (Lipinski definition) is 0. The number of ether oxygens (including phenoxy) is 1. The fourth-order valence-corrected chi connectivity index (χ4v) is 3.12. The molecule has 1 heterocycles. The maximum absolute atomic E-state index is 5.88. The lowest BCUT2D eigenvalue weighted by molar-refractivity contribution is 0.301. The first kappa shape index (κ1) is 22.3. The van der Waals surface area contributed by atoms with Crippen LogP contribution in [0.15, 0.2) is 91.2 Å². The molecule has 0 aliphatic rings. The van der Waals surface area contributed by atoms with Gasteiger partial charge in [0.15, 0.2) is 0 Å². The standard InChI is InChI=1S/C27H31N3O/c1-5-27(4,18-9-10-22(2)3)19-17-23-13-15-26(16-14-23)31-21-24-20-30(29-28-24)25-11-7-6-8-12-25/h5-8,10-17,19-20H,1,9,18,21H2,2-4H3/b19-17+/t27-/m1/s1. The highest BCUT2D eigenvalue weighted by Crippen LogP contribution is 2.28. The number of allylic oxidation sites excluding steroid dienone is 4. The van der Waals surface area contributed by atoms with Crippen molar-refractivity contribution in [2.75, 3.05) is 0 Å². The van der Waals surface area contributed by atoms with Gasteiger partial charge in [-0.05, 0) is 56.5 Å². The first-order valence-electron chi connectivity index (χ1n) is 10.6. The Morgan fingerprint density at radius 3 is 2.52 bits per heavy atom. The Hall–Kier alpha value is -3.40. The van der Waals surface area contributed by atoms with Gasteiger partial charge in [-0.25, -0.2) is 4.68 Å². The van der Waals surface area contributed by atoms with Crippen molar-refractivity contribution >= 4 is 6.08 Å². The second kappa shape index (κ2) is 10.6. The van der Waals surface area contributed by atoms with E-state index >= 15 is 0 Å². The lowest BCUT2D eigenvalue weighted by Crippen LogP contribution is -2.08. The second-order valence-electron chi connectivity index (χ2n) is 8.21. The third-order valence-corrected chi connectivity index (χ3v) is 5.19. The minimum Gasteiger partial charge on any atom is -0.487 e. The van der Waals surface area contributed by atoms with Gasteiger partial charge in [-0.2, -0.15) is 0 Å². The predicted molar refractivity (Wildman–Crippen MR) is 128 cm³/mol. The highest BCUT2D eigenvalue weighted by Gasteiger charge is 2.15. The zero-order chi connectivity index (χ0) is 22.1. The van der Waals surface area contributed by atoms with Gasteiger partial charge in [-0.1, -0.05) is 72.3 Å². The van der Waals surface area contributed by atoms with Crippen LogP contribution in [0.2, 0.25) is 0 Å². The molecule has 0 amide bonds. The molecule has 0 spiro atoms. The molecular formula is C27H31N3O. The van der Waals surface area contributed by atoms with E-state index in [1.54, 1.807) is 4.68 Å². The molecule has 31 heavy (non-hydrogen) atoms. The van der Waals surface area contributed by atoms with Gasteiger partial charge in [-0.15, -0.1) is 11.7 Å². The summed E-state index contributed by atoms with van der Waals surface area (Å²) < 4.78 is 7.63. The highest BCUT2D eigenvalue weighted by molar-refractivity contribution is 5.52. The molecule has 0 unspecified atom stereocenters. The van der Waals surface area contributed by atoms with Crippen LogP contribution in [0.3, 0.4) is 0 Å². The number of para-hydroxylation sites is 1. The van der Waals surface area contributed by atoms with Crippen LogP contribution >= 0.6 is 0 Å². The monoisotopic (exact) mass is 413 g/mol. The van der Waals surface area contributed by atoms with Crippen LogP contribution in [-0.4, -0.2) is 15.0 Å². The molecule has 0 bridgehead atoms. The number of nitrogens with zero attached hydrogens (tertiary/aromatic N) is 3. The molecule has 1 atom stereocenters. The van der Waals surface area contributed by atoms with Crippen molar-refractivity contribution in [3.8, 4) is 11.4 Å². The molecule has 2 aromatic carbocycles. The lowest BCUT2D eigenvalue weighted by atomic mass is 9.84. The van der Waals surface area contributed by atoms with E-state index in [0.717, 1.165) is 35.5 Å². The lowest BCUT2D eigenvalue weighted by Gasteiger charge is -2.20. The molecule has 0 saturated heterocycles. The van der Waals surface area contributed by atoms with E-state index in [0.29, 0.717) is 6.61 Å². The van der Waals surface area contributed by atoms with Gasteiger partial charge >= 0.3 is 0 Å². The van der Waals surface area contributed by atoms with Crippen molar-refractivity contribution in [2.24, 2.45) is 5.41 Å². The van der Waals surface area contributed by atoms with Crippen molar-refractivity contribution in [1.29, 1.82) is 0 Å². The van der Waals surface area contributed by atoms with Crippen molar-refractivity contribution in [2.45, 2.75) is 40.2 Å². The maximum Gasteiger partial charge on any atom is 0.134 e. The molecule has 0 saturated carbocycles. The summed E-state index contributed by atoms with van der Waals surface area (Å²) in [5.74, 6) is 0.807. The summed E-state index contributed by atoms with van der Waals surface area (Å²) in [6.07, 6.45) is 12.7. The van der Waals surface area contributed by atoms with E-state index in [1.807, 2.05) is 54.7 Å². The summed E-state index contributed by atoms with van der Waals surface area (Å²) in [6, 6.07) is 18.0. The molecule has 160 valence electrons. The van der Waals surface area contributed by atoms with Gasteiger partial charge in [0.2, 0.25) is 0 Å². The number of benzene rings is 2. The Balaban J connectivity index is 1.55. The molecule has 0 fully saturated rings. The predicted octanol–water partition coefficient (Wildman–Crippen LogP) is 6.80. The SMILES string of the molecule is C=C[C@@](C)(/C=C/c1ccc(OCc2cn(-c3ccccc3)nn2)cc1)CCC=C(C)C. The van der Waals surface area contributed by atoms with Crippen molar-refractivity contribution in [3.63, 3.8) is 0 Å². The van der Waals surface area contributed by atoms with Crippen LogP contribution < -0.4 is 4.74 Å². The van der Waals surface area contributed by atoms with Gasteiger partial charge in [0.25, 0.3) is 0 Å². The molecule has 1 aromatic heterocycles. The van der Waals surface area contributed by atoms with Crippen LogP contribution in [0.25, 0.3) is 11.8 Å². The molecule has 0 radical (unpaired) electrons. The van der Waals surface area contributed by atoms with Gasteiger partial charge in [-0.3, -0.25) is 0 Å². The molecule has 0 aliphatic carbocycles. The Kier molecular flexibility index (Phi) is 7.60. The number of hydrogen-bond acceptors (Lipinski definition) is 3. The summed E-state index contributed by atoms with van der Waals surface area (Å²) in [6.45, 7) is 10.9. The van der Waals surface area contributed by atoms with Crippen LogP contribution in [0.1, 0.15) is 44.9 Å². The average Bonchev–Trinajstić information content (AvgIpc) is 3.26. The average molecular weight is 414 g/mol. The first-order chi connectivity index (χ1) is 15.0. The van der Waals surface area contributed by atoms with Crippen LogP contribution in [-0.2, 0) is 6.61 Å².